The molecule has 0 radical (unpaired) electrons. The fraction of sp³-hybridized carbons (Fsp3) is 0.136. The molecule has 0 saturated heterocycles. The van der Waals surface area contributed by atoms with Gasteiger partial charge in [-0.3, -0.25) is 14.0 Å². The van der Waals surface area contributed by atoms with E-state index in [2.05, 4.69) is 20.5 Å². The average Bonchev–Trinajstić information content (AvgIpc) is 3.16. The zero-order valence-electron chi connectivity index (χ0n) is 16.5. The number of fused-ring (bicyclic) bond motifs is 1. The predicted octanol–water partition coefficient (Wildman–Crippen LogP) is 3.97. The topological polar surface area (TPSA) is 89.2 Å². The van der Waals surface area contributed by atoms with Gasteiger partial charge in [0.25, 0.3) is 11.7 Å². The van der Waals surface area contributed by atoms with Crippen molar-refractivity contribution in [1.82, 2.24) is 19.6 Å². The summed E-state index contributed by atoms with van der Waals surface area (Å²) in [7, 11) is 0. The van der Waals surface area contributed by atoms with E-state index < -0.39 is 0 Å². The molecule has 1 N–H and O–H groups in total. The van der Waals surface area contributed by atoms with Crippen molar-refractivity contribution in [3.63, 3.8) is 0 Å². The Morgan fingerprint density at radius 1 is 0.967 bits per heavy atom. The van der Waals surface area contributed by atoms with Crippen LogP contribution < -0.4 is 5.32 Å². The second kappa shape index (κ2) is 8.46. The summed E-state index contributed by atoms with van der Waals surface area (Å²) in [5, 5.41) is 11.7. The Labute approximate surface area is 177 Å². The number of Topliss-reactive ketones (excluding diaryl/α,β-unsaturated/α-hetero) is 1. The lowest BCUT2D eigenvalue weighted by Crippen LogP contribution is -2.12. The van der Waals surface area contributed by atoms with Crippen molar-refractivity contribution in [3.05, 3.63) is 83.2 Å². The maximum atomic E-state index is 12.6. The van der Waals surface area contributed by atoms with Crippen molar-refractivity contribution >= 4 is 34.9 Å². The first-order valence-corrected chi connectivity index (χ1v) is 10.3. The molecular weight excluding hydrogens is 398 g/mol. The van der Waals surface area contributed by atoms with E-state index in [0.29, 0.717) is 27.7 Å². The van der Waals surface area contributed by atoms with Crippen molar-refractivity contribution < 1.29 is 9.59 Å². The fourth-order valence-corrected chi connectivity index (χ4v) is 3.92. The maximum absolute atomic E-state index is 12.6. The van der Waals surface area contributed by atoms with Crippen molar-refractivity contribution in [2.45, 2.75) is 19.0 Å². The molecule has 4 aromatic rings. The first kappa shape index (κ1) is 19.8. The standard InChI is InChI=1S/C22H19N5O2S/c1-14-12-15(2)27-21(23-14)25-26-22(27)30-13-19(28)16-8-10-18(11-9-16)24-20(29)17-6-4-3-5-7-17/h3-12H,13H2,1-2H3,(H,24,29). The van der Waals surface area contributed by atoms with Gasteiger partial charge in [-0.15, -0.1) is 10.2 Å². The highest BCUT2D eigenvalue weighted by atomic mass is 32.2. The number of thioether (sulfide) groups is 1. The number of hydrogen-bond acceptors (Lipinski definition) is 6. The number of nitrogens with one attached hydrogen (secondary N) is 1. The van der Waals surface area contributed by atoms with Crippen LogP contribution in [0.3, 0.4) is 0 Å². The van der Waals surface area contributed by atoms with Gasteiger partial charge >= 0.3 is 0 Å². The number of benzene rings is 2. The Kier molecular flexibility index (Phi) is 5.58. The van der Waals surface area contributed by atoms with Crippen molar-refractivity contribution in [2.75, 3.05) is 11.1 Å². The Morgan fingerprint density at radius 2 is 1.70 bits per heavy atom. The molecular formula is C22H19N5O2S. The molecule has 0 atom stereocenters. The summed E-state index contributed by atoms with van der Waals surface area (Å²) in [6.07, 6.45) is 0. The van der Waals surface area contributed by atoms with Crippen molar-refractivity contribution in [2.24, 2.45) is 0 Å². The highest BCUT2D eigenvalue weighted by Crippen LogP contribution is 2.20. The lowest BCUT2D eigenvalue weighted by molar-refractivity contribution is 0.101. The third kappa shape index (κ3) is 4.23. The summed E-state index contributed by atoms with van der Waals surface area (Å²) in [5.74, 6) is 0.531. The number of carbonyl (C=O) groups excluding carboxylic acids is 2. The van der Waals surface area contributed by atoms with Crippen LogP contribution in [-0.2, 0) is 0 Å². The summed E-state index contributed by atoms with van der Waals surface area (Å²) in [6, 6.07) is 17.8. The molecule has 2 aromatic carbocycles. The van der Waals surface area contributed by atoms with Gasteiger partial charge in [0.05, 0.1) is 5.75 Å². The fourth-order valence-electron chi connectivity index (χ4n) is 3.04. The van der Waals surface area contributed by atoms with Gasteiger partial charge in [-0.2, -0.15) is 0 Å². The minimum atomic E-state index is -0.192. The minimum absolute atomic E-state index is 0.0320. The van der Waals surface area contributed by atoms with Gasteiger partial charge < -0.3 is 5.32 Å². The molecule has 2 aromatic heterocycles. The smallest absolute Gasteiger partial charge is 0.256 e. The summed E-state index contributed by atoms with van der Waals surface area (Å²) < 4.78 is 1.84. The second-order valence-corrected chi connectivity index (χ2v) is 7.71. The third-order valence-corrected chi connectivity index (χ3v) is 5.43. The Balaban J connectivity index is 1.40. The van der Waals surface area contributed by atoms with E-state index in [1.165, 1.54) is 11.8 Å². The van der Waals surface area contributed by atoms with Gasteiger partial charge in [-0.05, 0) is 56.3 Å². The van der Waals surface area contributed by atoms with Crippen LogP contribution in [0.4, 0.5) is 5.69 Å². The monoisotopic (exact) mass is 417 g/mol. The normalized spacial score (nSPS) is 10.9. The first-order chi connectivity index (χ1) is 14.5. The van der Waals surface area contributed by atoms with Crippen LogP contribution in [0.2, 0.25) is 0 Å². The number of ketones is 1. The van der Waals surface area contributed by atoms with Crippen LogP contribution in [0.5, 0.6) is 0 Å². The summed E-state index contributed by atoms with van der Waals surface area (Å²) in [4.78, 5) is 29.2. The molecule has 8 heteroatoms. The largest absolute Gasteiger partial charge is 0.322 e. The molecule has 0 unspecified atom stereocenters. The van der Waals surface area contributed by atoms with Crippen molar-refractivity contribution in [3.8, 4) is 0 Å². The molecule has 0 fully saturated rings. The van der Waals surface area contributed by atoms with Gasteiger partial charge in [0.1, 0.15) is 0 Å². The maximum Gasteiger partial charge on any atom is 0.256 e. The SMILES string of the molecule is Cc1cc(C)n2c(SCC(=O)c3ccc(NC(=O)c4ccccc4)cc3)nnc2n1. The van der Waals surface area contributed by atoms with Gasteiger partial charge in [-0.1, -0.05) is 30.0 Å². The Hall–Kier alpha value is -3.52. The molecule has 0 aliphatic heterocycles. The first-order valence-electron chi connectivity index (χ1n) is 9.33. The van der Waals surface area contributed by atoms with E-state index in [4.69, 9.17) is 0 Å². The van der Waals surface area contributed by atoms with Crippen LogP contribution in [0.1, 0.15) is 32.1 Å². The number of carbonyl (C=O) groups is 2. The summed E-state index contributed by atoms with van der Waals surface area (Å²) in [5.41, 5.74) is 3.62. The number of aryl methyl sites for hydroxylation is 2. The molecule has 0 bridgehead atoms. The molecule has 0 saturated carbocycles. The van der Waals surface area contributed by atoms with Gasteiger partial charge in [0.15, 0.2) is 10.9 Å². The summed E-state index contributed by atoms with van der Waals surface area (Å²) in [6.45, 7) is 3.86. The number of rotatable bonds is 6. The third-order valence-electron chi connectivity index (χ3n) is 4.50. The minimum Gasteiger partial charge on any atom is -0.322 e. The molecule has 4 rings (SSSR count). The zero-order chi connectivity index (χ0) is 21.1. The van der Waals surface area contributed by atoms with E-state index in [1.807, 2.05) is 42.5 Å². The summed E-state index contributed by atoms with van der Waals surface area (Å²) >= 11 is 1.32. The zero-order valence-corrected chi connectivity index (χ0v) is 17.3. The number of nitrogens with zero attached hydrogens (tertiary/aromatic N) is 4. The molecule has 0 aliphatic carbocycles. The quantitative estimate of drug-likeness (QED) is 0.377. The Bertz CT molecular complexity index is 1220. The van der Waals surface area contributed by atoms with Crippen LogP contribution >= 0.6 is 11.8 Å². The Morgan fingerprint density at radius 3 is 2.43 bits per heavy atom. The van der Waals surface area contributed by atoms with Crippen LogP contribution in [0, 0.1) is 13.8 Å². The van der Waals surface area contributed by atoms with E-state index in [9.17, 15) is 9.59 Å². The highest BCUT2D eigenvalue weighted by Gasteiger charge is 2.14. The number of aromatic nitrogens is 4. The lowest BCUT2D eigenvalue weighted by Gasteiger charge is -2.07. The predicted molar refractivity (Wildman–Crippen MR) is 116 cm³/mol. The molecule has 0 aliphatic rings. The van der Waals surface area contributed by atoms with Gasteiger partial charge in [0, 0.05) is 28.2 Å². The van der Waals surface area contributed by atoms with Gasteiger partial charge in [0.2, 0.25) is 0 Å². The molecule has 2 heterocycles. The average molecular weight is 417 g/mol. The number of amides is 1. The molecule has 7 nitrogen and oxygen atoms in total. The van der Waals surface area contributed by atoms with Gasteiger partial charge in [-0.25, -0.2) is 4.98 Å². The highest BCUT2D eigenvalue weighted by molar-refractivity contribution is 7.99. The molecule has 150 valence electrons. The lowest BCUT2D eigenvalue weighted by atomic mass is 10.1. The molecule has 30 heavy (non-hydrogen) atoms. The van der Waals surface area contributed by atoms with Crippen LogP contribution in [0.25, 0.3) is 5.78 Å². The van der Waals surface area contributed by atoms with E-state index in [0.717, 1.165) is 11.4 Å². The van der Waals surface area contributed by atoms with E-state index in [-0.39, 0.29) is 17.4 Å². The molecule has 1 amide bonds. The van der Waals surface area contributed by atoms with E-state index >= 15 is 0 Å². The number of anilines is 1. The van der Waals surface area contributed by atoms with Crippen LogP contribution in [0.15, 0.2) is 65.8 Å². The number of hydrogen-bond donors (Lipinski definition) is 1. The second-order valence-electron chi connectivity index (χ2n) is 6.77. The van der Waals surface area contributed by atoms with Crippen molar-refractivity contribution in [1.29, 1.82) is 0 Å². The van der Waals surface area contributed by atoms with Crippen LogP contribution in [-0.4, -0.2) is 37.0 Å². The van der Waals surface area contributed by atoms with E-state index in [1.54, 1.807) is 36.4 Å². The molecule has 0 spiro atoms.